The molecule has 0 saturated heterocycles. The Morgan fingerprint density at radius 3 is 2.83 bits per heavy atom. The first-order valence-electron chi connectivity index (χ1n) is 5.46. The highest BCUT2D eigenvalue weighted by molar-refractivity contribution is 6.35. The molecule has 3 aromatic rings. The number of hydrogen-bond donors (Lipinski definition) is 1. The Labute approximate surface area is 108 Å². The van der Waals surface area contributed by atoms with Crippen LogP contribution in [0.1, 0.15) is 5.56 Å². The molecule has 0 atom stereocenters. The van der Waals surface area contributed by atoms with Crippen molar-refractivity contribution in [2.75, 3.05) is 0 Å². The SMILES string of the molecule is O=C(O)Cc1ccc2c(c1)oc1c(Cl)cccc12. The summed E-state index contributed by atoms with van der Waals surface area (Å²) in [5, 5.41) is 11.2. The maximum atomic E-state index is 10.7. The molecule has 0 spiro atoms. The summed E-state index contributed by atoms with van der Waals surface area (Å²) in [5.74, 6) is -0.858. The van der Waals surface area contributed by atoms with E-state index in [1.165, 1.54) is 0 Å². The van der Waals surface area contributed by atoms with Gasteiger partial charge in [-0.2, -0.15) is 0 Å². The number of hydrogen-bond acceptors (Lipinski definition) is 2. The van der Waals surface area contributed by atoms with Crippen LogP contribution in [0.5, 0.6) is 0 Å². The van der Waals surface area contributed by atoms with E-state index in [2.05, 4.69) is 0 Å². The third-order valence-corrected chi connectivity index (χ3v) is 3.17. The molecule has 3 nitrogen and oxygen atoms in total. The first kappa shape index (κ1) is 11.1. The van der Waals surface area contributed by atoms with Gasteiger partial charge in [0.05, 0.1) is 11.4 Å². The van der Waals surface area contributed by atoms with Crippen molar-refractivity contribution >= 4 is 39.5 Å². The van der Waals surface area contributed by atoms with Gasteiger partial charge >= 0.3 is 5.97 Å². The Morgan fingerprint density at radius 1 is 1.22 bits per heavy atom. The standard InChI is InChI=1S/C14H9ClO3/c15-11-3-1-2-10-9-5-4-8(7-13(16)17)6-12(9)18-14(10)11/h1-6H,7H2,(H,16,17). The fourth-order valence-corrected chi connectivity index (χ4v) is 2.31. The van der Waals surface area contributed by atoms with Gasteiger partial charge in [-0.05, 0) is 17.7 Å². The Hall–Kier alpha value is -2.00. The highest BCUT2D eigenvalue weighted by atomic mass is 35.5. The molecule has 3 rings (SSSR count). The van der Waals surface area contributed by atoms with Gasteiger partial charge in [0.2, 0.25) is 0 Å². The third-order valence-electron chi connectivity index (χ3n) is 2.87. The summed E-state index contributed by atoms with van der Waals surface area (Å²) in [7, 11) is 0. The topological polar surface area (TPSA) is 50.4 Å². The number of fused-ring (bicyclic) bond motifs is 3. The zero-order valence-corrected chi connectivity index (χ0v) is 10.1. The minimum Gasteiger partial charge on any atom is -0.481 e. The maximum Gasteiger partial charge on any atom is 0.307 e. The van der Waals surface area contributed by atoms with Crippen molar-refractivity contribution in [3.63, 3.8) is 0 Å². The lowest BCUT2D eigenvalue weighted by Gasteiger charge is -1.96. The fourth-order valence-electron chi connectivity index (χ4n) is 2.09. The first-order valence-corrected chi connectivity index (χ1v) is 5.84. The highest BCUT2D eigenvalue weighted by Crippen LogP contribution is 2.33. The molecule has 0 saturated carbocycles. The van der Waals surface area contributed by atoms with Gasteiger partial charge in [-0.3, -0.25) is 4.79 Å². The maximum absolute atomic E-state index is 10.7. The second-order valence-corrected chi connectivity index (χ2v) is 4.53. The molecule has 1 aromatic heterocycles. The number of benzene rings is 2. The van der Waals surface area contributed by atoms with Crippen molar-refractivity contribution in [2.45, 2.75) is 6.42 Å². The van der Waals surface area contributed by atoms with E-state index >= 15 is 0 Å². The van der Waals surface area contributed by atoms with Crippen LogP contribution in [0, 0.1) is 0 Å². The average Bonchev–Trinajstić information content (AvgIpc) is 2.67. The average molecular weight is 261 g/mol. The van der Waals surface area contributed by atoms with Crippen LogP contribution in [0.25, 0.3) is 21.9 Å². The number of furan rings is 1. The molecule has 90 valence electrons. The first-order chi connectivity index (χ1) is 8.65. The van der Waals surface area contributed by atoms with Crippen molar-refractivity contribution in [2.24, 2.45) is 0 Å². The van der Waals surface area contributed by atoms with Crippen LogP contribution < -0.4 is 0 Å². The highest BCUT2D eigenvalue weighted by Gasteiger charge is 2.10. The van der Waals surface area contributed by atoms with Crippen LogP contribution in [-0.4, -0.2) is 11.1 Å². The number of carbonyl (C=O) groups is 1. The molecule has 0 amide bonds. The molecule has 4 heteroatoms. The van der Waals surface area contributed by atoms with Gasteiger partial charge in [-0.25, -0.2) is 0 Å². The zero-order valence-electron chi connectivity index (χ0n) is 9.31. The molecule has 18 heavy (non-hydrogen) atoms. The van der Waals surface area contributed by atoms with Gasteiger partial charge in [0, 0.05) is 10.8 Å². The van der Waals surface area contributed by atoms with Gasteiger partial charge in [-0.1, -0.05) is 35.9 Å². The molecule has 0 aliphatic heterocycles. The molecule has 0 aliphatic carbocycles. The van der Waals surface area contributed by atoms with Crippen LogP contribution in [0.15, 0.2) is 40.8 Å². The minimum absolute atomic E-state index is 0.0132. The normalized spacial score (nSPS) is 11.2. The van der Waals surface area contributed by atoms with Crippen LogP contribution >= 0.6 is 11.6 Å². The number of aliphatic carboxylic acids is 1. The van der Waals surface area contributed by atoms with E-state index in [9.17, 15) is 4.79 Å². The van der Waals surface area contributed by atoms with Crippen molar-refractivity contribution in [3.8, 4) is 0 Å². The van der Waals surface area contributed by atoms with E-state index in [0.29, 0.717) is 21.8 Å². The van der Waals surface area contributed by atoms with E-state index in [4.69, 9.17) is 21.1 Å². The Bertz CT molecular complexity index is 758. The Kier molecular flexibility index (Phi) is 2.49. The molecule has 0 radical (unpaired) electrons. The summed E-state index contributed by atoms with van der Waals surface area (Å²) in [5.41, 5.74) is 2.02. The zero-order chi connectivity index (χ0) is 12.7. The summed E-state index contributed by atoms with van der Waals surface area (Å²) in [6.07, 6.45) is -0.0132. The minimum atomic E-state index is -0.858. The lowest BCUT2D eigenvalue weighted by Crippen LogP contribution is -1.99. The Morgan fingerprint density at radius 2 is 2.06 bits per heavy atom. The van der Waals surface area contributed by atoms with E-state index < -0.39 is 5.97 Å². The molecule has 0 unspecified atom stereocenters. The summed E-state index contributed by atoms with van der Waals surface area (Å²) in [4.78, 5) is 10.7. The molecule has 0 bridgehead atoms. The largest absolute Gasteiger partial charge is 0.481 e. The lowest BCUT2D eigenvalue weighted by molar-refractivity contribution is -0.136. The van der Waals surface area contributed by atoms with Crippen molar-refractivity contribution in [1.29, 1.82) is 0 Å². The van der Waals surface area contributed by atoms with E-state index in [1.807, 2.05) is 18.2 Å². The van der Waals surface area contributed by atoms with Gasteiger partial charge in [0.15, 0.2) is 5.58 Å². The molecule has 2 aromatic carbocycles. The summed E-state index contributed by atoms with van der Waals surface area (Å²) in [6, 6.07) is 11.0. The fraction of sp³-hybridized carbons (Fsp3) is 0.0714. The molecular weight excluding hydrogens is 252 g/mol. The molecular formula is C14H9ClO3. The number of rotatable bonds is 2. The molecule has 0 fully saturated rings. The third kappa shape index (κ3) is 1.73. The van der Waals surface area contributed by atoms with Crippen LogP contribution in [0.3, 0.4) is 0 Å². The smallest absolute Gasteiger partial charge is 0.307 e. The van der Waals surface area contributed by atoms with Gasteiger partial charge in [-0.15, -0.1) is 0 Å². The molecule has 1 N–H and O–H groups in total. The van der Waals surface area contributed by atoms with Crippen LogP contribution in [0.4, 0.5) is 0 Å². The monoisotopic (exact) mass is 260 g/mol. The number of halogens is 1. The van der Waals surface area contributed by atoms with Crippen molar-refractivity contribution in [1.82, 2.24) is 0 Å². The number of carboxylic acid groups (broad SMARTS) is 1. The lowest BCUT2D eigenvalue weighted by atomic mass is 10.1. The van der Waals surface area contributed by atoms with E-state index in [1.54, 1.807) is 18.2 Å². The number of carboxylic acids is 1. The molecule has 0 aliphatic rings. The van der Waals surface area contributed by atoms with Crippen molar-refractivity contribution in [3.05, 3.63) is 47.0 Å². The number of para-hydroxylation sites is 1. The Balaban J connectivity index is 2.26. The van der Waals surface area contributed by atoms with Gasteiger partial charge in [0.1, 0.15) is 5.58 Å². The second-order valence-electron chi connectivity index (χ2n) is 4.12. The summed E-state index contributed by atoms with van der Waals surface area (Å²) >= 11 is 6.06. The summed E-state index contributed by atoms with van der Waals surface area (Å²) in [6.45, 7) is 0. The predicted molar refractivity (Wildman–Crippen MR) is 70.1 cm³/mol. The summed E-state index contributed by atoms with van der Waals surface area (Å²) < 4.78 is 5.68. The van der Waals surface area contributed by atoms with Gasteiger partial charge < -0.3 is 9.52 Å². The molecule has 1 heterocycles. The van der Waals surface area contributed by atoms with E-state index in [-0.39, 0.29) is 6.42 Å². The van der Waals surface area contributed by atoms with Crippen LogP contribution in [-0.2, 0) is 11.2 Å². The van der Waals surface area contributed by atoms with Gasteiger partial charge in [0.25, 0.3) is 0 Å². The van der Waals surface area contributed by atoms with Crippen LogP contribution in [0.2, 0.25) is 5.02 Å². The van der Waals surface area contributed by atoms with Crippen molar-refractivity contribution < 1.29 is 14.3 Å². The quantitative estimate of drug-likeness (QED) is 0.761. The second kappa shape index (κ2) is 4.03. The predicted octanol–water partition coefficient (Wildman–Crippen LogP) is 3.87. The van der Waals surface area contributed by atoms with E-state index in [0.717, 1.165) is 10.8 Å².